The Bertz CT molecular complexity index is 841. The summed E-state index contributed by atoms with van der Waals surface area (Å²) < 4.78 is 0. The molecule has 0 saturated carbocycles. The Hall–Kier alpha value is -3.15. The number of carboxylic acids is 1. The second-order valence-electron chi connectivity index (χ2n) is 5.54. The molecular weight excluding hydrogens is 304 g/mol. The molecule has 1 atom stereocenters. The van der Waals surface area contributed by atoms with Gasteiger partial charge in [-0.25, -0.2) is 4.79 Å². The number of nitrogens with one attached hydrogen (secondary N) is 1. The summed E-state index contributed by atoms with van der Waals surface area (Å²) in [5, 5.41) is 21.3. The standard InChI is InChI=1S/C18H18N4O2/c1-12(19-15-10-8-14(9-11-15)18(23)24)17-13(2)20-22(21-17)16-6-4-3-5-7-16/h3-12,19H,1-2H3,(H,23,24). The van der Waals surface area contributed by atoms with Crippen molar-refractivity contribution in [3.8, 4) is 5.69 Å². The molecule has 2 aromatic carbocycles. The van der Waals surface area contributed by atoms with Crippen LogP contribution < -0.4 is 5.32 Å². The summed E-state index contributed by atoms with van der Waals surface area (Å²) >= 11 is 0. The molecule has 24 heavy (non-hydrogen) atoms. The fourth-order valence-electron chi connectivity index (χ4n) is 2.49. The quantitative estimate of drug-likeness (QED) is 0.752. The first-order valence-electron chi connectivity index (χ1n) is 7.64. The van der Waals surface area contributed by atoms with E-state index in [0.717, 1.165) is 22.8 Å². The van der Waals surface area contributed by atoms with Gasteiger partial charge in [-0.3, -0.25) is 0 Å². The maximum Gasteiger partial charge on any atom is 0.335 e. The minimum atomic E-state index is -0.934. The van der Waals surface area contributed by atoms with Crippen LogP contribution in [0.2, 0.25) is 0 Å². The third-order valence-electron chi connectivity index (χ3n) is 3.73. The lowest BCUT2D eigenvalue weighted by atomic mass is 10.1. The molecule has 0 aliphatic rings. The summed E-state index contributed by atoms with van der Waals surface area (Å²) in [5.74, 6) is -0.934. The number of nitrogens with zero attached hydrogens (tertiary/aromatic N) is 3. The highest BCUT2D eigenvalue weighted by Crippen LogP contribution is 2.21. The largest absolute Gasteiger partial charge is 0.478 e. The lowest BCUT2D eigenvalue weighted by molar-refractivity contribution is 0.0697. The second-order valence-corrected chi connectivity index (χ2v) is 5.54. The lowest BCUT2D eigenvalue weighted by Crippen LogP contribution is -2.09. The summed E-state index contributed by atoms with van der Waals surface area (Å²) in [4.78, 5) is 12.5. The van der Waals surface area contributed by atoms with Gasteiger partial charge in [-0.1, -0.05) is 18.2 Å². The van der Waals surface area contributed by atoms with E-state index in [9.17, 15) is 4.79 Å². The normalized spacial score (nSPS) is 11.9. The van der Waals surface area contributed by atoms with Gasteiger partial charge in [-0.05, 0) is 50.2 Å². The van der Waals surface area contributed by atoms with Crippen molar-refractivity contribution in [1.29, 1.82) is 0 Å². The van der Waals surface area contributed by atoms with E-state index in [2.05, 4.69) is 15.5 Å². The maximum absolute atomic E-state index is 10.9. The zero-order valence-electron chi connectivity index (χ0n) is 13.5. The molecule has 2 N–H and O–H groups in total. The van der Waals surface area contributed by atoms with Crippen molar-refractivity contribution in [1.82, 2.24) is 15.0 Å². The molecule has 0 aliphatic heterocycles. The molecule has 0 bridgehead atoms. The number of aromatic nitrogens is 3. The molecule has 3 aromatic rings. The smallest absolute Gasteiger partial charge is 0.335 e. The Labute approximate surface area is 139 Å². The number of carboxylic acid groups (broad SMARTS) is 1. The number of aryl methyl sites for hydroxylation is 1. The average molecular weight is 322 g/mol. The van der Waals surface area contributed by atoms with Crippen molar-refractivity contribution < 1.29 is 9.90 Å². The van der Waals surface area contributed by atoms with Crippen LogP contribution in [0.1, 0.15) is 34.7 Å². The van der Waals surface area contributed by atoms with Gasteiger partial charge in [0.15, 0.2) is 0 Å². The minimum Gasteiger partial charge on any atom is -0.478 e. The molecule has 0 radical (unpaired) electrons. The molecule has 1 heterocycles. The SMILES string of the molecule is Cc1nn(-c2ccccc2)nc1C(C)Nc1ccc(C(=O)O)cc1. The second kappa shape index (κ2) is 6.54. The number of aromatic carboxylic acids is 1. The first kappa shape index (κ1) is 15.7. The van der Waals surface area contributed by atoms with Crippen LogP contribution in [0.3, 0.4) is 0 Å². The highest BCUT2D eigenvalue weighted by atomic mass is 16.4. The number of hydrogen-bond donors (Lipinski definition) is 2. The van der Waals surface area contributed by atoms with Gasteiger partial charge in [-0.2, -0.15) is 15.0 Å². The van der Waals surface area contributed by atoms with Gasteiger partial charge >= 0.3 is 5.97 Å². The van der Waals surface area contributed by atoms with Crippen molar-refractivity contribution in [2.24, 2.45) is 0 Å². The van der Waals surface area contributed by atoms with Crippen LogP contribution in [0.4, 0.5) is 5.69 Å². The first-order valence-corrected chi connectivity index (χ1v) is 7.64. The highest BCUT2D eigenvalue weighted by Gasteiger charge is 2.15. The number of para-hydroxylation sites is 1. The highest BCUT2D eigenvalue weighted by molar-refractivity contribution is 5.88. The monoisotopic (exact) mass is 322 g/mol. The van der Waals surface area contributed by atoms with E-state index in [1.54, 1.807) is 29.1 Å². The van der Waals surface area contributed by atoms with E-state index < -0.39 is 5.97 Å². The van der Waals surface area contributed by atoms with E-state index in [-0.39, 0.29) is 11.6 Å². The zero-order chi connectivity index (χ0) is 17.1. The Morgan fingerprint density at radius 3 is 2.38 bits per heavy atom. The summed E-state index contributed by atoms with van der Waals surface area (Å²) in [7, 11) is 0. The van der Waals surface area contributed by atoms with E-state index in [4.69, 9.17) is 5.11 Å². The molecule has 1 aromatic heterocycles. The molecule has 3 rings (SSSR count). The van der Waals surface area contributed by atoms with Gasteiger partial charge in [0.2, 0.25) is 0 Å². The number of anilines is 1. The van der Waals surface area contributed by atoms with E-state index in [0.29, 0.717) is 0 Å². The molecule has 6 heteroatoms. The van der Waals surface area contributed by atoms with E-state index in [1.807, 2.05) is 44.2 Å². The van der Waals surface area contributed by atoms with Gasteiger partial charge in [0.05, 0.1) is 23.0 Å². The number of benzene rings is 2. The van der Waals surface area contributed by atoms with Crippen molar-refractivity contribution in [3.05, 3.63) is 71.5 Å². The van der Waals surface area contributed by atoms with Gasteiger partial charge < -0.3 is 10.4 Å². The fraction of sp³-hybridized carbons (Fsp3) is 0.167. The molecule has 0 spiro atoms. The van der Waals surface area contributed by atoms with Crippen LogP contribution in [0, 0.1) is 6.92 Å². The third kappa shape index (κ3) is 3.27. The van der Waals surface area contributed by atoms with Gasteiger partial charge in [0.1, 0.15) is 5.69 Å². The molecular formula is C18H18N4O2. The van der Waals surface area contributed by atoms with Crippen molar-refractivity contribution in [2.75, 3.05) is 5.32 Å². The van der Waals surface area contributed by atoms with Crippen molar-refractivity contribution in [2.45, 2.75) is 19.9 Å². The Morgan fingerprint density at radius 1 is 1.08 bits per heavy atom. The van der Waals surface area contributed by atoms with E-state index in [1.165, 1.54) is 0 Å². The molecule has 0 amide bonds. The van der Waals surface area contributed by atoms with Crippen LogP contribution >= 0.6 is 0 Å². The molecule has 122 valence electrons. The molecule has 0 aliphatic carbocycles. The number of hydrogen-bond acceptors (Lipinski definition) is 4. The minimum absolute atomic E-state index is 0.0573. The van der Waals surface area contributed by atoms with E-state index >= 15 is 0 Å². The summed E-state index contributed by atoms with van der Waals surface area (Å²) in [6.07, 6.45) is 0. The lowest BCUT2D eigenvalue weighted by Gasteiger charge is -2.13. The van der Waals surface area contributed by atoms with Crippen LogP contribution in [-0.4, -0.2) is 26.1 Å². The third-order valence-corrected chi connectivity index (χ3v) is 3.73. The summed E-state index contributed by atoms with van der Waals surface area (Å²) in [6, 6.07) is 16.3. The Balaban J connectivity index is 1.79. The van der Waals surface area contributed by atoms with Crippen LogP contribution in [0.15, 0.2) is 54.6 Å². The Kier molecular flexibility index (Phi) is 4.29. The van der Waals surface area contributed by atoms with Crippen LogP contribution in [0.5, 0.6) is 0 Å². The first-order chi connectivity index (χ1) is 11.5. The summed E-state index contributed by atoms with van der Waals surface area (Å²) in [5.41, 5.74) is 3.70. The fourth-order valence-corrected chi connectivity index (χ4v) is 2.49. The van der Waals surface area contributed by atoms with Gasteiger partial charge in [0.25, 0.3) is 0 Å². The summed E-state index contributed by atoms with van der Waals surface area (Å²) in [6.45, 7) is 3.92. The molecule has 6 nitrogen and oxygen atoms in total. The Morgan fingerprint density at radius 2 is 1.75 bits per heavy atom. The molecule has 0 saturated heterocycles. The zero-order valence-corrected chi connectivity index (χ0v) is 13.5. The number of rotatable bonds is 5. The molecule has 1 unspecified atom stereocenters. The molecule has 0 fully saturated rings. The van der Waals surface area contributed by atoms with Crippen LogP contribution in [-0.2, 0) is 0 Å². The maximum atomic E-state index is 10.9. The topological polar surface area (TPSA) is 80.0 Å². The predicted octanol–water partition coefficient (Wildman–Crippen LogP) is 3.45. The number of carbonyl (C=O) groups is 1. The predicted molar refractivity (Wildman–Crippen MR) is 91.5 cm³/mol. The van der Waals surface area contributed by atoms with Crippen molar-refractivity contribution >= 4 is 11.7 Å². The van der Waals surface area contributed by atoms with Crippen LogP contribution in [0.25, 0.3) is 5.69 Å². The van der Waals surface area contributed by atoms with Gasteiger partial charge in [-0.15, -0.1) is 0 Å². The van der Waals surface area contributed by atoms with Gasteiger partial charge in [0, 0.05) is 5.69 Å². The van der Waals surface area contributed by atoms with Crippen molar-refractivity contribution in [3.63, 3.8) is 0 Å². The average Bonchev–Trinajstić information content (AvgIpc) is 2.98.